The van der Waals surface area contributed by atoms with Crippen LogP contribution >= 0.6 is 0 Å². The second-order valence-electron chi connectivity index (χ2n) is 9.99. The van der Waals surface area contributed by atoms with Crippen molar-refractivity contribution in [3.63, 3.8) is 0 Å². The maximum Gasteiger partial charge on any atom is 0.387 e. The van der Waals surface area contributed by atoms with Gasteiger partial charge in [-0.2, -0.15) is 8.78 Å². The number of aromatic nitrogens is 1. The number of rotatable bonds is 7. The van der Waals surface area contributed by atoms with E-state index in [9.17, 15) is 26.4 Å². The molecule has 1 fully saturated rings. The first kappa shape index (κ1) is 26.8. The van der Waals surface area contributed by atoms with E-state index in [0.29, 0.717) is 12.8 Å². The fraction of sp³-hybridized carbons (Fsp3) is 0.400. The number of primary amides is 1. The molecule has 2 aromatic carbocycles. The van der Waals surface area contributed by atoms with Crippen LogP contribution in [0.3, 0.4) is 0 Å². The van der Waals surface area contributed by atoms with Crippen molar-refractivity contribution in [2.45, 2.75) is 63.9 Å². The van der Waals surface area contributed by atoms with Gasteiger partial charge in [0, 0.05) is 23.1 Å². The van der Waals surface area contributed by atoms with E-state index in [1.165, 1.54) is 32.9 Å². The van der Waals surface area contributed by atoms with Crippen LogP contribution < -0.4 is 15.2 Å². The number of hydrogen-bond acceptors (Lipinski definition) is 4. The van der Waals surface area contributed by atoms with Gasteiger partial charge >= 0.3 is 6.61 Å². The second-order valence-corrected chi connectivity index (χ2v) is 12.4. The predicted octanol–water partition coefficient (Wildman–Crippen LogP) is 5.94. The van der Waals surface area contributed by atoms with E-state index < -0.39 is 44.7 Å². The molecule has 4 rings (SSSR count). The molecule has 37 heavy (non-hydrogen) atoms. The van der Waals surface area contributed by atoms with E-state index in [0.717, 1.165) is 31.0 Å². The summed E-state index contributed by atoms with van der Waals surface area (Å²) < 4.78 is 88.2. The molecule has 0 atom stereocenters. The number of nitrogens with zero attached hydrogens (tertiary/aromatic N) is 1. The van der Waals surface area contributed by atoms with Gasteiger partial charge in [-0.05, 0) is 57.9 Å². The number of amides is 1. The third kappa shape index (κ3) is 4.98. The average molecular weight is 542 g/mol. The lowest BCUT2D eigenvalue weighted by molar-refractivity contribution is -0.0521. The lowest BCUT2D eigenvalue weighted by atomic mass is 10.0. The first-order chi connectivity index (χ1) is 17.2. The molecule has 1 amide bonds. The number of alkyl halides is 2. The smallest absolute Gasteiger partial charge is 0.387 e. The molecule has 7 nitrogen and oxygen atoms in total. The Labute approximate surface area is 211 Å². The Balaban J connectivity index is 1.97. The second kappa shape index (κ2) is 9.55. The van der Waals surface area contributed by atoms with Crippen molar-refractivity contribution in [2.75, 3.05) is 4.72 Å². The summed E-state index contributed by atoms with van der Waals surface area (Å²) in [7, 11) is -3.84. The number of nitrogens with two attached hydrogens (primary N) is 1. The fourth-order valence-corrected chi connectivity index (χ4v) is 5.37. The summed E-state index contributed by atoms with van der Waals surface area (Å²) in [6.07, 6.45) is 2.99. The molecular weight excluding hydrogens is 514 g/mol. The molecule has 1 aromatic heterocycles. The quantitative estimate of drug-likeness (QED) is 0.361. The van der Waals surface area contributed by atoms with Gasteiger partial charge in [-0.3, -0.25) is 9.52 Å². The Hall–Kier alpha value is -3.28. The number of halogens is 4. The fourth-order valence-electron chi connectivity index (χ4n) is 4.63. The summed E-state index contributed by atoms with van der Waals surface area (Å²) in [5, 5.41) is 0.0328. The number of nitrogens with one attached hydrogen (secondary N) is 1. The van der Waals surface area contributed by atoms with Gasteiger partial charge in [-0.25, -0.2) is 17.2 Å². The van der Waals surface area contributed by atoms with Crippen molar-refractivity contribution in [3.8, 4) is 17.0 Å². The Kier molecular flexibility index (Phi) is 6.91. The monoisotopic (exact) mass is 541 g/mol. The van der Waals surface area contributed by atoms with Crippen LogP contribution in [0.15, 0.2) is 30.3 Å². The third-order valence-corrected chi connectivity index (χ3v) is 8.61. The standard InChI is InChI=1S/C25H27F4N3O4S/c1-25(2,3)37(34,35)31-13-8-9-15(17(26)10-13)22-21(23(30)33)16-11-18(27)20(36-24(28)29)12-19(16)32(22)14-6-4-5-7-14/h8-12,14,24,31H,4-7H2,1-3H3,(H2,30,33). The number of anilines is 1. The first-order valence-electron chi connectivity index (χ1n) is 11.7. The molecule has 3 aromatic rings. The van der Waals surface area contributed by atoms with Crippen LogP contribution in [0.25, 0.3) is 22.2 Å². The highest BCUT2D eigenvalue weighted by Crippen LogP contribution is 2.44. The highest BCUT2D eigenvalue weighted by Gasteiger charge is 2.32. The number of fused-ring (bicyclic) bond motifs is 1. The van der Waals surface area contributed by atoms with Gasteiger partial charge < -0.3 is 15.0 Å². The summed E-state index contributed by atoms with van der Waals surface area (Å²) in [6.45, 7) is 1.19. The average Bonchev–Trinajstić information content (AvgIpc) is 3.38. The Bertz CT molecular complexity index is 1470. The van der Waals surface area contributed by atoms with Gasteiger partial charge in [0.25, 0.3) is 5.91 Å². The van der Waals surface area contributed by atoms with E-state index in [4.69, 9.17) is 5.73 Å². The van der Waals surface area contributed by atoms with Crippen LogP contribution in [0.5, 0.6) is 5.75 Å². The molecular formula is C25H27F4N3O4S. The van der Waals surface area contributed by atoms with Crippen molar-refractivity contribution in [3.05, 3.63) is 47.5 Å². The zero-order chi connectivity index (χ0) is 27.3. The van der Waals surface area contributed by atoms with Crippen molar-refractivity contribution >= 4 is 32.5 Å². The van der Waals surface area contributed by atoms with E-state index >= 15 is 4.39 Å². The minimum Gasteiger partial charge on any atom is -0.432 e. The number of ether oxygens (including phenoxy) is 1. The SMILES string of the molecule is CC(C)(C)S(=O)(=O)Nc1ccc(-c2c(C(N)=O)c3cc(F)c(OC(F)F)cc3n2C2CCCC2)c(F)c1. The number of carbonyl (C=O) groups excluding carboxylic acids is 1. The van der Waals surface area contributed by atoms with Gasteiger partial charge in [0.1, 0.15) is 5.82 Å². The van der Waals surface area contributed by atoms with E-state index in [-0.39, 0.29) is 39.5 Å². The van der Waals surface area contributed by atoms with Gasteiger partial charge in [-0.1, -0.05) is 12.8 Å². The number of hydrogen-bond donors (Lipinski definition) is 2. The molecule has 0 saturated heterocycles. The van der Waals surface area contributed by atoms with Crippen molar-refractivity contribution < 1.29 is 35.5 Å². The molecule has 0 bridgehead atoms. The molecule has 1 aliphatic rings. The third-order valence-electron chi connectivity index (χ3n) is 6.49. The summed E-state index contributed by atoms with van der Waals surface area (Å²) >= 11 is 0. The van der Waals surface area contributed by atoms with Crippen molar-refractivity contribution in [2.24, 2.45) is 5.73 Å². The van der Waals surface area contributed by atoms with Crippen LogP contribution in [0, 0.1) is 11.6 Å². The molecule has 1 heterocycles. The lowest BCUT2D eigenvalue weighted by Gasteiger charge is -2.21. The Morgan fingerprint density at radius 2 is 1.76 bits per heavy atom. The zero-order valence-electron chi connectivity index (χ0n) is 20.4. The molecule has 0 unspecified atom stereocenters. The largest absolute Gasteiger partial charge is 0.432 e. The van der Waals surface area contributed by atoms with Gasteiger partial charge in [0.2, 0.25) is 10.0 Å². The number of carbonyl (C=O) groups is 1. The normalized spacial score (nSPS) is 15.0. The topological polar surface area (TPSA) is 103 Å². The van der Waals surface area contributed by atoms with Crippen LogP contribution in [-0.4, -0.2) is 30.3 Å². The lowest BCUT2D eigenvalue weighted by Crippen LogP contribution is -2.33. The molecule has 0 aliphatic heterocycles. The van der Waals surface area contributed by atoms with Crippen LogP contribution in [0.2, 0.25) is 0 Å². The highest BCUT2D eigenvalue weighted by molar-refractivity contribution is 7.94. The van der Waals surface area contributed by atoms with Crippen LogP contribution in [0.4, 0.5) is 23.2 Å². The van der Waals surface area contributed by atoms with Gasteiger partial charge in [0.05, 0.1) is 27.2 Å². The maximum absolute atomic E-state index is 15.6. The summed E-state index contributed by atoms with van der Waals surface area (Å²) in [5.41, 5.74) is 5.65. The predicted molar refractivity (Wildman–Crippen MR) is 132 cm³/mol. The summed E-state index contributed by atoms with van der Waals surface area (Å²) in [6, 6.07) is 5.32. The minimum atomic E-state index is -3.84. The van der Waals surface area contributed by atoms with Gasteiger partial charge in [0.15, 0.2) is 11.6 Å². The van der Waals surface area contributed by atoms with E-state index in [1.54, 1.807) is 4.57 Å². The minimum absolute atomic E-state index is 0.0287. The van der Waals surface area contributed by atoms with E-state index in [1.807, 2.05) is 0 Å². The van der Waals surface area contributed by atoms with Crippen molar-refractivity contribution in [1.82, 2.24) is 4.57 Å². The van der Waals surface area contributed by atoms with Gasteiger partial charge in [-0.15, -0.1) is 0 Å². The van der Waals surface area contributed by atoms with E-state index in [2.05, 4.69) is 9.46 Å². The van der Waals surface area contributed by atoms with Crippen molar-refractivity contribution in [1.29, 1.82) is 0 Å². The molecule has 1 saturated carbocycles. The first-order valence-corrected chi connectivity index (χ1v) is 13.1. The molecule has 3 N–H and O–H groups in total. The summed E-state index contributed by atoms with van der Waals surface area (Å²) in [4.78, 5) is 12.6. The Morgan fingerprint density at radius 3 is 2.30 bits per heavy atom. The highest BCUT2D eigenvalue weighted by atomic mass is 32.2. The molecule has 1 aliphatic carbocycles. The van der Waals surface area contributed by atoms with Crippen LogP contribution in [0.1, 0.15) is 62.9 Å². The molecule has 200 valence electrons. The summed E-state index contributed by atoms with van der Waals surface area (Å²) in [5.74, 6) is -3.66. The maximum atomic E-state index is 15.6. The number of sulfonamides is 1. The Morgan fingerprint density at radius 1 is 1.11 bits per heavy atom. The molecule has 0 radical (unpaired) electrons. The molecule has 0 spiro atoms. The number of benzene rings is 2. The van der Waals surface area contributed by atoms with Crippen LogP contribution in [-0.2, 0) is 10.0 Å². The molecule has 12 heteroatoms. The zero-order valence-corrected chi connectivity index (χ0v) is 21.3.